The Morgan fingerprint density at radius 2 is 1.98 bits per heavy atom. The first-order valence-corrected chi connectivity index (χ1v) is 14.0. The fraction of sp³-hybridized carbons (Fsp3) is 0.258. The van der Waals surface area contributed by atoms with Gasteiger partial charge in [-0.05, 0) is 73.0 Å². The third kappa shape index (κ3) is 4.46. The fourth-order valence-corrected chi connectivity index (χ4v) is 6.21. The summed E-state index contributed by atoms with van der Waals surface area (Å²) in [6.07, 6.45) is 1.56. The molecule has 204 valence electrons. The maximum absolute atomic E-state index is 13.6. The molecule has 1 amide bonds. The molecule has 9 heteroatoms. The molecule has 3 aromatic carbocycles. The van der Waals surface area contributed by atoms with Crippen molar-refractivity contribution in [3.63, 3.8) is 0 Å². The average Bonchev–Trinajstić information content (AvgIpc) is 3.63. The molecule has 0 radical (unpaired) electrons. The SMILES string of the molecule is CCCOc1cccc(C2C(=C(O)c3ccc4c(c3)CC(C)O4)C(=O)C(=O)N2c2nc3ccc(OC)cc3s2)c1. The number of aliphatic hydroxyl groups is 1. The van der Waals surface area contributed by atoms with Crippen LogP contribution in [0.15, 0.2) is 66.2 Å². The van der Waals surface area contributed by atoms with Gasteiger partial charge in [0, 0.05) is 12.0 Å². The number of amides is 1. The van der Waals surface area contributed by atoms with Crippen molar-refractivity contribution >= 4 is 44.1 Å². The van der Waals surface area contributed by atoms with Crippen LogP contribution in [-0.2, 0) is 16.0 Å². The Kier molecular flexibility index (Phi) is 6.67. The van der Waals surface area contributed by atoms with E-state index in [9.17, 15) is 14.7 Å². The van der Waals surface area contributed by atoms with Crippen LogP contribution in [0, 0.1) is 0 Å². The molecule has 40 heavy (non-hydrogen) atoms. The summed E-state index contributed by atoms with van der Waals surface area (Å²) in [6.45, 7) is 4.52. The lowest BCUT2D eigenvalue weighted by atomic mass is 9.94. The summed E-state index contributed by atoms with van der Waals surface area (Å²) in [5.74, 6) is 0.266. The summed E-state index contributed by atoms with van der Waals surface area (Å²) in [4.78, 5) is 33.3. The molecule has 6 rings (SSSR count). The molecular formula is C31H28N2O6S. The predicted octanol–water partition coefficient (Wildman–Crippen LogP) is 6.04. The summed E-state index contributed by atoms with van der Waals surface area (Å²) < 4.78 is 17.8. The average molecular weight is 557 g/mol. The van der Waals surface area contributed by atoms with E-state index in [2.05, 4.69) is 4.98 Å². The molecule has 1 saturated heterocycles. The van der Waals surface area contributed by atoms with Gasteiger partial charge in [-0.2, -0.15) is 0 Å². The maximum atomic E-state index is 13.6. The van der Waals surface area contributed by atoms with Crippen molar-refractivity contribution in [1.82, 2.24) is 4.98 Å². The number of fused-ring (bicyclic) bond motifs is 2. The minimum absolute atomic E-state index is 0.00129. The number of nitrogens with zero attached hydrogens (tertiary/aromatic N) is 2. The molecule has 1 aromatic heterocycles. The molecule has 4 aromatic rings. The number of aromatic nitrogens is 1. The van der Waals surface area contributed by atoms with E-state index in [-0.39, 0.29) is 17.4 Å². The molecule has 2 aliphatic rings. The third-order valence-electron chi connectivity index (χ3n) is 7.05. The van der Waals surface area contributed by atoms with Gasteiger partial charge in [-0.25, -0.2) is 4.98 Å². The third-order valence-corrected chi connectivity index (χ3v) is 8.07. The van der Waals surface area contributed by atoms with Gasteiger partial charge in [-0.1, -0.05) is 30.4 Å². The largest absolute Gasteiger partial charge is 0.507 e. The number of ether oxygens (including phenoxy) is 3. The van der Waals surface area contributed by atoms with Crippen molar-refractivity contribution in [1.29, 1.82) is 0 Å². The van der Waals surface area contributed by atoms with E-state index < -0.39 is 17.7 Å². The van der Waals surface area contributed by atoms with Gasteiger partial charge in [0.15, 0.2) is 5.13 Å². The van der Waals surface area contributed by atoms with Gasteiger partial charge in [0.2, 0.25) is 0 Å². The zero-order valence-electron chi connectivity index (χ0n) is 22.3. The molecule has 0 aliphatic carbocycles. The van der Waals surface area contributed by atoms with Crippen molar-refractivity contribution in [2.75, 3.05) is 18.6 Å². The van der Waals surface area contributed by atoms with Crippen LogP contribution in [0.4, 0.5) is 5.13 Å². The van der Waals surface area contributed by atoms with Crippen LogP contribution >= 0.6 is 11.3 Å². The maximum Gasteiger partial charge on any atom is 0.301 e. The number of Topliss-reactive ketones (excluding diaryl/α,β-unsaturated/α-hetero) is 1. The van der Waals surface area contributed by atoms with E-state index in [1.807, 2.05) is 50.2 Å². The van der Waals surface area contributed by atoms with Gasteiger partial charge in [0.05, 0.1) is 35.5 Å². The molecule has 1 N–H and O–H groups in total. The van der Waals surface area contributed by atoms with Crippen LogP contribution in [0.25, 0.3) is 16.0 Å². The Labute approximate surface area is 235 Å². The number of hydrogen-bond acceptors (Lipinski definition) is 8. The van der Waals surface area contributed by atoms with Gasteiger partial charge < -0.3 is 19.3 Å². The first kappa shape index (κ1) is 25.9. The van der Waals surface area contributed by atoms with Crippen LogP contribution in [-0.4, -0.2) is 41.6 Å². The summed E-state index contributed by atoms with van der Waals surface area (Å²) in [7, 11) is 1.58. The van der Waals surface area contributed by atoms with Crippen molar-refractivity contribution in [2.45, 2.75) is 38.8 Å². The van der Waals surface area contributed by atoms with Gasteiger partial charge >= 0.3 is 5.91 Å². The Bertz CT molecular complexity index is 1680. The number of thiazole rings is 1. The topological polar surface area (TPSA) is 98.2 Å². The van der Waals surface area contributed by atoms with Crippen LogP contribution < -0.4 is 19.1 Å². The van der Waals surface area contributed by atoms with Gasteiger partial charge in [0.1, 0.15) is 29.1 Å². The number of anilines is 1. The molecule has 0 bridgehead atoms. The van der Waals surface area contributed by atoms with Crippen LogP contribution in [0.3, 0.4) is 0 Å². The smallest absolute Gasteiger partial charge is 0.301 e. The standard InChI is InChI=1S/C31H28N2O6S/c1-4-12-38-22-7-5-6-18(15-22)27-26(28(34)19-8-11-24-20(14-19)13-17(2)39-24)29(35)30(36)33(27)31-32-23-10-9-21(37-3)16-25(23)40-31/h5-11,14-17,27,34H,4,12-13H2,1-3H3. The normalized spacial score (nSPS) is 19.6. The number of ketones is 1. The summed E-state index contributed by atoms with van der Waals surface area (Å²) in [5, 5.41) is 11.9. The first-order valence-electron chi connectivity index (χ1n) is 13.2. The second-order valence-corrected chi connectivity index (χ2v) is 10.9. The highest BCUT2D eigenvalue weighted by molar-refractivity contribution is 7.22. The number of rotatable bonds is 7. The fourth-order valence-electron chi connectivity index (χ4n) is 5.19. The van der Waals surface area contributed by atoms with E-state index >= 15 is 0 Å². The number of benzene rings is 3. The molecule has 2 aliphatic heterocycles. The van der Waals surface area contributed by atoms with Gasteiger partial charge in [0.25, 0.3) is 5.78 Å². The molecular weight excluding hydrogens is 528 g/mol. The second-order valence-electron chi connectivity index (χ2n) is 9.88. The Balaban J connectivity index is 1.51. The quantitative estimate of drug-likeness (QED) is 0.168. The van der Waals surface area contributed by atoms with Crippen LogP contribution in [0.1, 0.15) is 43.0 Å². The second kappa shape index (κ2) is 10.3. The Morgan fingerprint density at radius 1 is 1.12 bits per heavy atom. The molecule has 0 saturated carbocycles. The summed E-state index contributed by atoms with van der Waals surface area (Å²) in [6, 6.07) is 17.1. The number of carbonyl (C=O) groups is 2. The van der Waals surface area contributed by atoms with E-state index in [4.69, 9.17) is 14.2 Å². The molecule has 1 fully saturated rings. The van der Waals surface area contributed by atoms with E-state index in [0.29, 0.717) is 46.3 Å². The summed E-state index contributed by atoms with van der Waals surface area (Å²) in [5.41, 5.74) is 2.70. The molecule has 8 nitrogen and oxygen atoms in total. The zero-order valence-corrected chi connectivity index (χ0v) is 23.2. The number of hydrogen-bond donors (Lipinski definition) is 1. The monoisotopic (exact) mass is 556 g/mol. The van der Waals surface area contributed by atoms with Gasteiger partial charge in [-0.15, -0.1) is 0 Å². The zero-order chi connectivity index (χ0) is 28.0. The molecule has 2 atom stereocenters. The van der Waals surface area contributed by atoms with E-state index in [1.54, 1.807) is 31.4 Å². The van der Waals surface area contributed by atoms with E-state index in [0.717, 1.165) is 22.4 Å². The minimum Gasteiger partial charge on any atom is -0.507 e. The first-order chi connectivity index (χ1) is 19.4. The van der Waals surface area contributed by atoms with Crippen LogP contribution in [0.5, 0.6) is 17.2 Å². The van der Waals surface area contributed by atoms with Crippen molar-refractivity contribution in [2.24, 2.45) is 0 Å². The van der Waals surface area contributed by atoms with Gasteiger partial charge in [-0.3, -0.25) is 14.5 Å². The number of carbonyl (C=O) groups excluding carboxylic acids is 2. The van der Waals surface area contributed by atoms with Crippen molar-refractivity contribution < 1.29 is 28.9 Å². The Morgan fingerprint density at radius 3 is 2.77 bits per heavy atom. The predicted molar refractivity (Wildman–Crippen MR) is 153 cm³/mol. The molecule has 3 heterocycles. The number of methoxy groups -OCH3 is 1. The van der Waals surface area contributed by atoms with Crippen molar-refractivity contribution in [3.05, 3.63) is 82.9 Å². The highest BCUT2D eigenvalue weighted by Crippen LogP contribution is 2.45. The summed E-state index contributed by atoms with van der Waals surface area (Å²) >= 11 is 1.28. The molecule has 2 unspecified atom stereocenters. The lowest BCUT2D eigenvalue weighted by Crippen LogP contribution is -2.29. The number of aliphatic hydroxyl groups excluding tert-OH is 1. The van der Waals surface area contributed by atoms with Crippen LogP contribution in [0.2, 0.25) is 0 Å². The highest BCUT2D eigenvalue weighted by Gasteiger charge is 2.48. The van der Waals surface area contributed by atoms with Crippen molar-refractivity contribution in [3.8, 4) is 17.2 Å². The molecule has 0 spiro atoms. The highest BCUT2D eigenvalue weighted by atomic mass is 32.1. The minimum atomic E-state index is -0.906. The Hall–Kier alpha value is -4.37. The lowest BCUT2D eigenvalue weighted by molar-refractivity contribution is -0.132. The lowest BCUT2D eigenvalue weighted by Gasteiger charge is -2.23. The van der Waals surface area contributed by atoms with E-state index in [1.165, 1.54) is 16.2 Å².